The van der Waals surface area contributed by atoms with Crippen molar-refractivity contribution in [1.82, 2.24) is 0 Å². The van der Waals surface area contributed by atoms with Crippen molar-refractivity contribution < 1.29 is 0 Å². The molecule has 0 unspecified atom stereocenters. The van der Waals surface area contributed by atoms with Gasteiger partial charge in [-0.3, -0.25) is 4.99 Å². The van der Waals surface area contributed by atoms with Crippen LogP contribution in [0.1, 0.15) is 68.9 Å². The van der Waals surface area contributed by atoms with Crippen LogP contribution in [0.2, 0.25) is 0 Å². The average Bonchev–Trinajstić information content (AvgIpc) is 2.45. The van der Waals surface area contributed by atoms with Crippen LogP contribution in [0.5, 0.6) is 0 Å². The summed E-state index contributed by atoms with van der Waals surface area (Å²) in [6.07, 6.45) is 11.4. The minimum atomic E-state index is 0.810. The van der Waals surface area contributed by atoms with E-state index in [1.165, 1.54) is 56.1 Å². The normalized spacial score (nSPS) is 17.4. The predicted molar refractivity (Wildman–Crippen MR) is 79.6 cm³/mol. The Kier molecular flexibility index (Phi) is 5.44. The van der Waals surface area contributed by atoms with E-state index >= 15 is 0 Å². The molecule has 1 fully saturated rings. The van der Waals surface area contributed by atoms with E-state index in [4.69, 9.17) is 0 Å². The van der Waals surface area contributed by atoms with Gasteiger partial charge in [0.25, 0.3) is 0 Å². The maximum atomic E-state index is 4.45. The van der Waals surface area contributed by atoms with Crippen molar-refractivity contribution >= 4 is 6.21 Å². The molecule has 1 aliphatic rings. The Bertz CT molecular complexity index is 358. The first-order valence-corrected chi connectivity index (χ1v) is 7.50. The third-order valence-corrected chi connectivity index (χ3v) is 3.89. The molecule has 1 aromatic carbocycles. The molecule has 18 heavy (non-hydrogen) atoms. The summed E-state index contributed by atoms with van der Waals surface area (Å²) in [5.41, 5.74) is 2.77. The van der Waals surface area contributed by atoms with E-state index in [-0.39, 0.29) is 0 Å². The van der Waals surface area contributed by atoms with E-state index in [9.17, 15) is 0 Å². The SMILES string of the molecule is CCCCN=Cc1ccc(C2CCCCC2)cc1. The van der Waals surface area contributed by atoms with Crippen molar-refractivity contribution in [3.63, 3.8) is 0 Å². The van der Waals surface area contributed by atoms with Crippen LogP contribution in [0.25, 0.3) is 0 Å². The van der Waals surface area contributed by atoms with Gasteiger partial charge in [-0.2, -0.15) is 0 Å². The zero-order chi connectivity index (χ0) is 12.6. The molecule has 98 valence electrons. The van der Waals surface area contributed by atoms with Crippen LogP contribution in [0.4, 0.5) is 0 Å². The summed E-state index contributed by atoms with van der Waals surface area (Å²) in [5, 5.41) is 0. The standard InChI is InChI=1S/C17H25N/c1-2-3-13-18-14-15-9-11-17(12-10-15)16-7-5-4-6-8-16/h9-12,14,16H,2-8,13H2,1H3. The molecule has 0 aliphatic heterocycles. The van der Waals surface area contributed by atoms with Gasteiger partial charge in [0, 0.05) is 12.8 Å². The predicted octanol–water partition coefficient (Wildman–Crippen LogP) is 4.95. The van der Waals surface area contributed by atoms with E-state index in [2.05, 4.69) is 36.2 Å². The van der Waals surface area contributed by atoms with Crippen molar-refractivity contribution in [2.45, 2.75) is 57.8 Å². The zero-order valence-corrected chi connectivity index (χ0v) is 11.6. The van der Waals surface area contributed by atoms with Gasteiger partial charge in [0.1, 0.15) is 0 Å². The Morgan fingerprint density at radius 2 is 1.83 bits per heavy atom. The molecule has 1 saturated carbocycles. The van der Waals surface area contributed by atoms with Crippen LogP contribution in [-0.4, -0.2) is 12.8 Å². The number of hydrogen-bond acceptors (Lipinski definition) is 1. The Morgan fingerprint density at radius 3 is 2.50 bits per heavy atom. The molecule has 0 heterocycles. The fraction of sp³-hybridized carbons (Fsp3) is 0.588. The summed E-state index contributed by atoms with van der Waals surface area (Å²) >= 11 is 0. The molecule has 2 rings (SSSR count). The van der Waals surface area contributed by atoms with E-state index in [1.54, 1.807) is 0 Å². The maximum absolute atomic E-state index is 4.45. The van der Waals surface area contributed by atoms with Crippen molar-refractivity contribution in [2.24, 2.45) is 4.99 Å². The summed E-state index contributed by atoms with van der Waals surface area (Å²) in [5.74, 6) is 0.810. The molecule has 0 radical (unpaired) electrons. The number of benzene rings is 1. The summed E-state index contributed by atoms with van der Waals surface area (Å²) in [4.78, 5) is 4.45. The first-order valence-electron chi connectivity index (χ1n) is 7.50. The maximum Gasteiger partial charge on any atom is 0.0389 e. The first kappa shape index (κ1) is 13.3. The van der Waals surface area contributed by atoms with Gasteiger partial charge in [-0.1, -0.05) is 56.9 Å². The molecule has 0 saturated heterocycles. The molecule has 1 heteroatoms. The highest BCUT2D eigenvalue weighted by molar-refractivity contribution is 5.79. The van der Waals surface area contributed by atoms with Crippen LogP contribution in [-0.2, 0) is 0 Å². The Hall–Kier alpha value is -1.11. The molecule has 0 amide bonds. The first-order chi connectivity index (χ1) is 8.90. The average molecular weight is 243 g/mol. The number of aliphatic imine (C=N–C) groups is 1. The fourth-order valence-corrected chi connectivity index (χ4v) is 2.71. The third kappa shape index (κ3) is 3.97. The molecular weight excluding hydrogens is 218 g/mol. The molecule has 1 aromatic rings. The largest absolute Gasteiger partial charge is 0.293 e. The monoisotopic (exact) mass is 243 g/mol. The summed E-state index contributed by atoms with van der Waals surface area (Å²) in [6.45, 7) is 3.16. The molecule has 0 spiro atoms. The fourth-order valence-electron chi connectivity index (χ4n) is 2.71. The highest BCUT2D eigenvalue weighted by Gasteiger charge is 2.14. The van der Waals surface area contributed by atoms with Gasteiger partial charge in [0.15, 0.2) is 0 Å². The van der Waals surface area contributed by atoms with Crippen molar-refractivity contribution in [2.75, 3.05) is 6.54 Å². The van der Waals surface area contributed by atoms with Gasteiger partial charge in [-0.25, -0.2) is 0 Å². The minimum absolute atomic E-state index is 0.810. The van der Waals surface area contributed by atoms with Gasteiger partial charge < -0.3 is 0 Å². The smallest absolute Gasteiger partial charge is 0.0389 e. The number of unbranched alkanes of at least 4 members (excludes halogenated alkanes) is 1. The second kappa shape index (κ2) is 7.35. The van der Waals surface area contributed by atoms with Crippen molar-refractivity contribution in [1.29, 1.82) is 0 Å². The molecule has 0 atom stereocenters. The Morgan fingerprint density at radius 1 is 1.11 bits per heavy atom. The van der Waals surface area contributed by atoms with Crippen LogP contribution >= 0.6 is 0 Å². The zero-order valence-electron chi connectivity index (χ0n) is 11.6. The van der Waals surface area contributed by atoms with Gasteiger partial charge in [0.2, 0.25) is 0 Å². The van der Waals surface area contributed by atoms with Gasteiger partial charge in [0.05, 0.1) is 0 Å². The molecule has 1 aliphatic carbocycles. The third-order valence-electron chi connectivity index (χ3n) is 3.89. The lowest BCUT2D eigenvalue weighted by molar-refractivity contribution is 0.443. The highest BCUT2D eigenvalue weighted by Crippen LogP contribution is 2.32. The van der Waals surface area contributed by atoms with Gasteiger partial charge >= 0.3 is 0 Å². The Balaban J connectivity index is 1.90. The van der Waals surface area contributed by atoms with Crippen molar-refractivity contribution in [3.8, 4) is 0 Å². The minimum Gasteiger partial charge on any atom is -0.293 e. The van der Waals surface area contributed by atoms with Crippen molar-refractivity contribution in [3.05, 3.63) is 35.4 Å². The van der Waals surface area contributed by atoms with E-state index in [0.29, 0.717) is 0 Å². The highest BCUT2D eigenvalue weighted by atomic mass is 14.7. The van der Waals surface area contributed by atoms with Gasteiger partial charge in [-0.15, -0.1) is 0 Å². The van der Waals surface area contributed by atoms with Crippen LogP contribution in [0.15, 0.2) is 29.3 Å². The second-order valence-corrected chi connectivity index (χ2v) is 5.39. The van der Waals surface area contributed by atoms with Gasteiger partial charge in [-0.05, 0) is 36.3 Å². The van der Waals surface area contributed by atoms with E-state index in [1.807, 2.05) is 6.21 Å². The van der Waals surface area contributed by atoms with E-state index in [0.717, 1.165) is 12.5 Å². The quantitative estimate of drug-likeness (QED) is 0.512. The summed E-state index contributed by atoms with van der Waals surface area (Å²) in [6, 6.07) is 9.05. The van der Waals surface area contributed by atoms with E-state index < -0.39 is 0 Å². The summed E-state index contributed by atoms with van der Waals surface area (Å²) < 4.78 is 0. The summed E-state index contributed by atoms with van der Waals surface area (Å²) in [7, 11) is 0. The number of hydrogen-bond donors (Lipinski definition) is 0. The number of rotatable bonds is 5. The Labute approximate surface area is 111 Å². The molecule has 0 aromatic heterocycles. The lowest BCUT2D eigenvalue weighted by atomic mass is 9.84. The lowest BCUT2D eigenvalue weighted by Gasteiger charge is -2.21. The molecule has 0 bridgehead atoms. The topological polar surface area (TPSA) is 12.4 Å². The molecular formula is C17H25N. The second-order valence-electron chi connectivity index (χ2n) is 5.39. The number of nitrogens with zero attached hydrogens (tertiary/aromatic N) is 1. The molecule has 1 nitrogen and oxygen atoms in total. The van der Waals surface area contributed by atoms with Crippen LogP contribution in [0.3, 0.4) is 0 Å². The van der Waals surface area contributed by atoms with Crippen LogP contribution in [0, 0.1) is 0 Å². The molecule has 0 N–H and O–H groups in total. The van der Waals surface area contributed by atoms with Crippen LogP contribution < -0.4 is 0 Å². The lowest BCUT2D eigenvalue weighted by Crippen LogP contribution is -2.04.